The van der Waals surface area contributed by atoms with Gasteiger partial charge in [0.05, 0.1) is 17.4 Å². The Morgan fingerprint density at radius 3 is 2.91 bits per heavy atom. The number of imidazole rings is 1. The maximum absolute atomic E-state index is 12.0. The molecule has 0 spiro atoms. The molecule has 1 amide bonds. The van der Waals surface area contributed by atoms with E-state index in [1.165, 1.54) is 0 Å². The number of hydrogen-bond acceptors (Lipinski definition) is 2. The lowest BCUT2D eigenvalue weighted by molar-refractivity contribution is 0.0952. The van der Waals surface area contributed by atoms with Gasteiger partial charge in [0.1, 0.15) is 0 Å². The van der Waals surface area contributed by atoms with Gasteiger partial charge in [0.25, 0.3) is 5.91 Å². The van der Waals surface area contributed by atoms with Crippen molar-refractivity contribution in [3.63, 3.8) is 0 Å². The van der Waals surface area contributed by atoms with Gasteiger partial charge in [-0.1, -0.05) is 34.1 Å². The first-order chi connectivity index (χ1) is 10.7. The van der Waals surface area contributed by atoms with Crippen LogP contribution >= 0.6 is 15.9 Å². The number of rotatable bonds is 5. The third-order valence-corrected chi connectivity index (χ3v) is 3.97. The molecule has 22 heavy (non-hydrogen) atoms. The van der Waals surface area contributed by atoms with Crippen LogP contribution in [0, 0.1) is 0 Å². The molecule has 4 nitrogen and oxygen atoms in total. The van der Waals surface area contributed by atoms with Crippen LogP contribution < -0.4 is 5.32 Å². The van der Waals surface area contributed by atoms with Crippen molar-refractivity contribution in [1.29, 1.82) is 0 Å². The van der Waals surface area contributed by atoms with Crippen molar-refractivity contribution in [1.82, 2.24) is 14.9 Å². The second-order valence-corrected chi connectivity index (χ2v) is 5.96. The molecule has 0 aliphatic rings. The predicted octanol–water partition coefficient (Wildman–Crippen LogP) is 3.62. The Morgan fingerprint density at radius 2 is 2.05 bits per heavy atom. The molecular formula is C17H16BrN3O. The predicted molar refractivity (Wildman–Crippen MR) is 90.8 cm³/mol. The van der Waals surface area contributed by atoms with E-state index in [0.29, 0.717) is 12.1 Å². The molecule has 0 atom stereocenters. The van der Waals surface area contributed by atoms with Crippen LogP contribution in [0.15, 0.2) is 59.3 Å². The summed E-state index contributed by atoms with van der Waals surface area (Å²) in [5, 5.41) is 2.94. The van der Waals surface area contributed by atoms with Gasteiger partial charge in [-0.25, -0.2) is 4.98 Å². The molecule has 0 bridgehead atoms. The van der Waals surface area contributed by atoms with Crippen LogP contribution in [0.1, 0.15) is 16.8 Å². The Kier molecular flexibility index (Phi) is 4.53. The first-order valence-electron chi connectivity index (χ1n) is 7.18. The maximum Gasteiger partial charge on any atom is 0.251 e. The molecule has 0 saturated carbocycles. The number of hydrogen-bond donors (Lipinski definition) is 1. The zero-order chi connectivity index (χ0) is 15.4. The second kappa shape index (κ2) is 6.75. The maximum atomic E-state index is 12.0. The van der Waals surface area contributed by atoms with Crippen LogP contribution in [-0.2, 0) is 6.54 Å². The number of carbonyl (C=O) groups excluding carboxylic acids is 1. The standard InChI is InChI=1S/C17H16BrN3O/c18-14-6-3-5-13(11-14)17(22)19-9-4-10-21-12-20-15-7-1-2-8-16(15)21/h1-3,5-8,11-12H,4,9-10H2,(H,19,22). The molecule has 0 unspecified atom stereocenters. The van der Waals surface area contributed by atoms with E-state index in [0.717, 1.165) is 28.5 Å². The molecule has 0 saturated heterocycles. The number of nitrogens with one attached hydrogen (secondary N) is 1. The van der Waals surface area contributed by atoms with Gasteiger partial charge in [-0.05, 0) is 36.8 Å². The molecule has 1 N–H and O–H groups in total. The van der Waals surface area contributed by atoms with Gasteiger partial charge in [-0.2, -0.15) is 0 Å². The van der Waals surface area contributed by atoms with Gasteiger partial charge < -0.3 is 9.88 Å². The zero-order valence-corrected chi connectivity index (χ0v) is 13.6. The quantitative estimate of drug-likeness (QED) is 0.708. The number of nitrogens with zero attached hydrogens (tertiary/aromatic N) is 2. The summed E-state index contributed by atoms with van der Waals surface area (Å²) in [7, 11) is 0. The topological polar surface area (TPSA) is 46.9 Å². The van der Waals surface area contributed by atoms with E-state index in [9.17, 15) is 4.79 Å². The van der Waals surface area contributed by atoms with Gasteiger partial charge in [0.2, 0.25) is 0 Å². The van der Waals surface area contributed by atoms with Crippen molar-refractivity contribution in [3.8, 4) is 0 Å². The molecular weight excluding hydrogens is 342 g/mol. The molecule has 1 heterocycles. The highest BCUT2D eigenvalue weighted by Gasteiger charge is 2.05. The summed E-state index contributed by atoms with van der Waals surface area (Å²) in [6.07, 6.45) is 2.71. The summed E-state index contributed by atoms with van der Waals surface area (Å²) in [6, 6.07) is 15.4. The number of halogens is 1. The fourth-order valence-corrected chi connectivity index (χ4v) is 2.77. The third-order valence-electron chi connectivity index (χ3n) is 3.48. The first kappa shape index (κ1) is 14.8. The average molecular weight is 358 g/mol. The largest absolute Gasteiger partial charge is 0.352 e. The van der Waals surface area contributed by atoms with Gasteiger partial charge in [-0.15, -0.1) is 0 Å². The first-order valence-corrected chi connectivity index (χ1v) is 7.97. The minimum Gasteiger partial charge on any atom is -0.352 e. The Hall–Kier alpha value is -2.14. The number of fused-ring (bicyclic) bond motifs is 1. The average Bonchev–Trinajstić information content (AvgIpc) is 2.95. The molecule has 3 rings (SSSR count). The summed E-state index contributed by atoms with van der Waals surface area (Å²) < 4.78 is 3.02. The normalized spacial score (nSPS) is 10.8. The second-order valence-electron chi connectivity index (χ2n) is 5.05. The molecule has 5 heteroatoms. The van der Waals surface area contributed by atoms with Crippen LogP contribution in [0.3, 0.4) is 0 Å². The van der Waals surface area contributed by atoms with Crippen LogP contribution in [0.2, 0.25) is 0 Å². The minimum absolute atomic E-state index is 0.0446. The Balaban J connectivity index is 1.52. The number of benzene rings is 2. The zero-order valence-electron chi connectivity index (χ0n) is 12.0. The molecule has 0 aliphatic heterocycles. The van der Waals surface area contributed by atoms with Crippen molar-refractivity contribution in [2.75, 3.05) is 6.54 Å². The van der Waals surface area contributed by atoms with E-state index in [1.54, 1.807) is 0 Å². The number of aryl methyl sites for hydroxylation is 1. The van der Waals surface area contributed by atoms with Crippen LogP contribution in [0.4, 0.5) is 0 Å². The van der Waals surface area contributed by atoms with E-state index in [4.69, 9.17) is 0 Å². The van der Waals surface area contributed by atoms with E-state index in [-0.39, 0.29) is 5.91 Å². The van der Waals surface area contributed by atoms with Crippen molar-refractivity contribution in [3.05, 3.63) is 64.9 Å². The molecule has 2 aromatic carbocycles. The molecule has 112 valence electrons. The highest BCUT2D eigenvalue weighted by molar-refractivity contribution is 9.10. The number of para-hydroxylation sites is 2. The molecule has 3 aromatic rings. The van der Waals surface area contributed by atoms with Gasteiger partial charge >= 0.3 is 0 Å². The number of aromatic nitrogens is 2. The van der Waals surface area contributed by atoms with Gasteiger partial charge in [-0.3, -0.25) is 4.79 Å². The highest BCUT2D eigenvalue weighted by atomic mass is 79.9. The summed E-state index contributed by atoms with van der Waals surface area (Å²) in [4.78, 5) is 16.4. The smallest absolute Gasteiger partial charge is 0.251 e. The van der Waals surface area contributed by atoms with E-state index >= 15 is 0 Å². The van der Waals surface area contributed by atoms with Crippen LogP contribution in [-0.4, -0.2) is 22.0 Å². The van der Waals surface area contributed by atoms with E-state index in [2.05, 4.69) is 36.9 Å². The fraction of sp³-hybridized carbons (Fsp3) is 0.176. The monoisotopic (exact) mass is 357 g/mol. The summed E-state index contributed by atoms with van der Waals surface area (Å²) in [6.45, 7) is 1.47. The highest BCUT2D eigenvalue weighted by Crippen LogP contribution is 2.13. The molecule has 1 aromatic heterocycles. The minimum atomic E-state index is -0.0446. The lowest BCUT2D eigenvalue weighted by Crippen LogP contribution is -2.25. The fourth-order valence-electron chi connectivity index (χ4n) is 2.37. The Labute approximate surface area is 137 Å². The van der Waals surface area contributed by atoms with Gasteiger partial charge in [0, 0.05) is 23.1 Å². The van der Waals surface area contributed by atoms with E-state index < -0.39 is 0 Å². The molecule has 0 aliphatic carbocycles. The molecule has 0 radical (unpaired) electrons. The van der Waals surface area contributed by atoms with Crippen molar-refractivity contribution >= 4 is 32.9 Å². The number of carbonyl (C=O) groups is 1. The Bertz CT molecular complexity index is 797. The summed E-state index contributed by atoms with van der Waals surface area (Å²) in [5.41, 5.74) is 2.80. The molecule has 0 fully saturated rings. The van der Waals surface area contributed by atoms with Crippen LogP contribution in [0.25, 0.3) is 11.0 Å². The van der Waals surface area contributed by atoms with Crippen molar-refractivity contribution < 1.29 is 4.79 Å². The SMILES string of the molecule is O=C(NCCCn1cnc2ccccc21)c1cccc(Br)c1. The summed E-state index contributed by atoms with van der Waals surface area (Å²) >= 11 is 3.37. The van der Waals surface area contributed by atoms with E-state index in [1.807, 2.05) is 48.8 Å². The van der Waals surface area contributed by atoms with Crippen molar-refractivity contribution in [2.45, 2.75) is 13.0 Å². The van der Waals surface area contributed by atoms with Crippen LogP contribution in [0.5, 0.6) is 0 Å². The lowest BCUT2D eigenvalue weighted by Gasteiger charge is -2.07. The van der Waals surface area contributed by atoms with Crippen molar-refractivity contribution in [2.24, 2.45) is 0 Å². The summed E-state index contributed by atoms with van der Waals surface area (Å²) in [5.74, 6) is -0.0446. The number of amides is 1. The van der Waals surface area contributed by atoms with Gasteiger partial charge in [0.15, 0.2) is 0 Å². The lowest BCUT2D eigenvalue weighted by atomic mass is 10.2. The Morgan fingerprint density at radius 1 is 1.18 bits per heavy atom. The third kappa shape index (κ3) is 3.36.